The molecule has 1 aliphatic heterocycles. The van der Waals surface area contributed by atoms with Gasteiger partial charge in [-0.25, -0.2) is 4.39 Å². The summed E-state index contributed by atoms with van der Waals surface area (Å²) in [5, 5.41) is 0.332. The molecule has 0 N–H and O–H groups in total. The van der Waals surface area contributed by atoms with E-state index in [4.69, 9.17) is 16.3 Å². The molecule has 0 radical (unpaired) electrons. The van der Waals surface area contributed by atoms with Crippen LogP contribution in [0.4, 0.5) is 4.39 Å². The van der Waals surface area contributed by atoms with Gasteiger partial charge in [-0.3, -0.25) is 4.79 Å². The molecule has 0 saturated heterocycles. The van der Waals surface area contributed by atoms with Crippen LogP contribution in [0.15, 0.2) is 30.3 Å². The van der Waals surface area contributed by atoms with Gasteiger partial charge in [-0.05, 0) is 36.2 Å². The van der Waals surface area contributed by atoms with Crippen LogP contribution < -0.4 is 4.74 Å². The van der Waals surface area contributed by atoms with E-state index < -0.39 is 0 Å². The number of carbonyl (C=O) groups excluding carboxylic acids is 1. The minimum Gasteiger partial charge on any atom is -0.496 e. The number of fused-ring (bicyclic) bond motifs is 1. The Hall–Kier alpha value is -2.07. The highest BCUT2D eigenvalue weighted by molar-refractivity contribution is 6.31. The zero-order chi connectivity index (χ0) is 15.9. The summed E-state index contributed by atoms with van der Waals surface area (Å²) < 4.78 is 18.4. The maximum absolute atomic E-state index is 13.1. The molecule has 1 heterocycles. The Kier molecular flexibility index (Phi) is 3.79. The molecular formula is C17H15ClFNO2. The van der Waals surface area contributed by atoms with E-state index in [-0.39, 0.29) is 11.7 Å². The lowest BCUT2D eigenvalue weighted by Crippen LogP contribution is -2.23. The number of nitrogens with zero attached hydrogens (tertiary/aromatic N) is 1. The van der Waals surface area contributed by atoms with Crippen LogP contribution in [-0.2, 0) is 13.1 Å². The summed E-state index contributed by atoms with van der Waals surface area (Å²) in [5.74, 6) is 0.269. The Labute approximate surface area is 133 Å². The number of hydrogen-bond donors (Lipinski definition) is 0. The first-order valence-corrected chi connectivity index (χ1v) is 7.28. The van der Waals surface area contributed by atoms with E-state index >= 15 is 0 Å². The Morgan fingerprint density at radius 2 is 2.09 bits per heavy atom. The van der Waals surface area contributed by atoms with Gasteiger partial charge in [0, 0.05) is 23.7 Å². The highest BCUT2D eigenvalue weighted by Gasteiger charge is 2.30. The number of methoxy groups -OCH3 is 1. The molecule has 0 aromatic heterocycles. The fraction of sp³-hybridized carbons (Fsp3) is 0.235. The number of carbonyl (C=O) groups is 1. The summed E-state index contributed by atoms with van der Waals surface area (Å²) in [5.41, 5.74) is 3.24. The van der Waals surface area contributed by atoms with Crippen molar-refractivity contribution in [1.82, 2.24) is 4.90 Å². The minimum absolute atomic E-state index is 0.0493. The van der Waals surface area contributed by atoms with Gasteiger partial charge in [-0.1, -0.05) is 23.7 Å². The van der Waals surface area contributed by atoms with Crippen LogP contribution in [0.1, 0.15) is 27.0 Å². The van der Waals surface area contributed by atoms with Crippen molar-refractivity contribution in [2.45, 2.75) is 20.0 Å². The lowest BCUT2D eigenvalue weighted by Gasteiger charge is -2.16. The first kappa shape index (κ1) is 14.9. The third-order valence-electron chi connectivity index (χ3n) is 3.96. The van der Waals surface area contributed by atoms with Gasteiger partial charge >= 0.3 is 0 Å². The van der Waals surface area contributed by atoms with Gasteiger partial charge in [0.05, 0.1) is 12.7 Å². The van der Waals surface area contributed by atoms with Crippen LogP contribution in [0.25, 0.3) is 0 Å². The molecule has 114 valence electrons. The third kappa shape index (κ3) is 2.44. The maximum Gasteiger partial charge on any atom is 0.255 e. The summed E-state index contributed by atoms with van der Waals surface area (Å²) in [6.07, 6.45) is 0. The van der Waals surface area contributed by atoms with E-state index in [1.54, 1.807) is 18.1 Å². The number of rotatable bonds is 3. The Balaban J connectivity index is 1.90. The second-order valence-corrected chi connectivity index (χ2v) is 5.73. The zero-order valence-corrected chi connectivity index (χ0v) is 13.1. The van der Waals surface area contributed by atoms with Gasteiger partial charge in [0.15, 0.2) is 0 Å². The second kappa shape index (κ2) is 5.61. The van der Waals surface area contributed by atoms with Crippen molar-refractivity contribution in [1.29, 1.82) is 0 Å². The van der Waals surface area contributed by atoms with E-state index in [9.17, 15) is 9.18 Å². The van der Waals surface area contributed by atoms with Gasteiger partial charge in [0.2, 0.25) is 0 Å². The fourth-order valence-electron chi connectivity index (χ4n) is 2.82. The number of amides is 1. The van der Waals surface area contributed by atoms with Crippen LogP contribution >= 0.6 is 11.6 Å². The standard InChI is InChI=1S/C17H15ClFNO2/c1-10-15(22-2)6-4-12-9-20(17(21)16(10)12)8-11-3-5-13(19)7-14(11)18/h3-7H,8-9H2,1-2H3. The second-order valence-electron chi connectivity index (χ2n) is 5.32. The van der Waals surface area contributed by atoms with Crippen molar-refractivity contribution < 1.29 is 13.9 Å². The summed E-state index contributed by atoms with van der Waals surface area (Å²) in [6.45, 7) is 2.75. The molecule has 0 fully saturated rings. The smallest absolute Gasteiger partial charge is 0.255 e. The molecule has 5 heteroatoms. The number of ether oxygens (including phenoxy) is 1. The topological polar surface area (TPSA) is 29.5 Å². The monoisotopic (exact) mass is 319 g/mol. The molecular weight excluding hydrogens is 305 g/mol. The van der Waals surface area contributed by atoms with Gasteiger partial charge in [0.25, 0.3) is 5.91 Å². The fourth-order valence-corrected chi connectivity index (χ4v) is 3.05. The molecule has 22 heavy (non-hydrogen) atoms. The predicted octanol–water partition coefficient (Wildman–Crippen LogP) is 3.95. The van der Waals surface area contributed by atoms with Crippen molar-refractivity contribution in [3.05, 3.63) is 63.4 Å². The van der Waals surface area contributed by atoms with Gasteiger partial charge in [0.1, 0.15) is 11.6 Å². The van der Waals surface area contributed by atoms with Crippen molar-refractivity contribution in [3.63, 3.8) is 0 Å². The number of halogens is 2. The number of benzene rings is 2. The first-order valence-electron chi connectivity index (χ1n) is 6.91. The first-order chi connectivity index (χ1) is 10.5. The zero-order valence-electron chi connectivity index (χ0n) is 12.3. The molecule has 0 saturated carbocycles. The van der Waals surface area contributed by atoms with E-state index in [0.717, 1.165) is 16.7 Å². The van der Waals surface area contributed by atoms with Crippen LogP contribution in [0.3, 0.4) is 0 Å². The maximum atomic E-state index is 13.1. The third-order valence-corrected chi connectivity index (χ3v) is 4.31. The summed E-state index contributed by atoms with van der Waals surface area (Å²) in [7, 11) is 1.59. The summed E-state index contributed by atoms with van der Waals surface area (Å²) in [4.78, 5) is 14.3. The lowest BCUT2D eigenvalue weighted by atomic mass is 10.0. The summed E-state index contributed by atoms with van der Waals surface area (Å²) >= 11 is 6.05. The van der Waals surface area contributed by atoms with E-state index in [0.29, 0.717) is 29.4 Å². The molecule has 0 spiro atoms. The van der Waals surface area contributed by atoms with Gasteiger partial charge in [-0.2, -0.15) is 0 Å². The highest BCUT2D eigenvalue weighted by atomic mass is 35.5. The molecule has 1 amide bonds. The van der Waals surface area contributed by atoms with Crippen LogP contribution in [0, 0.1) is 12.7 Å². The minimum atomic E-state index is -0.384. The summed E-state index contributed by atoms with van der Waals surface area (Å²) in [6, 6.07) is 8.00. The van der Waals surface area contributed by atoms with E-state index in [2.05, 4.69) is 0 Å². The highest BCUT2D eigenvalue weighted by Crippen LogP contribution is 2.33. The molecule has 0 unspecified atom stereocenters. The molecule has 0 bridgehead atoms. The Morgan fingerprint density at radius 1 is 1.32 bits per heavy atom. The SMILES string of the molecule is COc1ccc2c(c1C)C(=O)N(Cc1ccc(F)cc1Cl)C2. The number of hydrogen-bond acceptors (Lipinski definition) is 2. The van der Waals surface area contributed by atoms with Gasteiger partial charge < -0.3 is 9.64 Å². The molecule has 2 aromatic carbocycles. The predicted molar refractivity (Wildman–Crippen MR) is 82.7 cm³/mol. The largest absolute Gasteiger partial charge is 0.496 e. The van der Waals surface area contributed by atoms with Crippen LogP contribution in [0.5, 0.6) is 5.75 Å². The average Bonchev–Trinajstić information content (AvgIpc) is 2.80. The molecule has 3 rings (SSSR count). The van der Waals surface area contributed by atoms with Crippen molar-refractivity contribution in [2.75, 3.05) is 7.11 Å². The molecule has 1 aliphatic rings. The molecule has 2 aromatic rings. The van der Waals surface area contributed by atoms with Crippen molar-refractivity contribution in [3.8, 4) is 5.75 Å². The van der Waals surface area contributed by atoms with E-state index in [1.165, 1.54) is 12.1 Å². The molecule has 0 aliphatic carbocycles. The molecule has 3 nitrogen and oxygen atoms in total. The average molecular weight is 320 g/mol. The van der Waals surface area contributed by atoms with Gasteiger partial charge in [-0.15, -0.1) is 0 Å². The van der Waals surface area contributed by atoms with Crippen LogP contribution in [-0.4, -0.2) is 17.9 Å². The normalized spacial score (nSPS) is 13.5. The van der Waals surface area contributed by atoms with Crippen LogP contribution in [0.2, 0.25) is 5.02 Å². The Morgan fingerprint density at radius 3 is 2.77 bits per heavy atom. The lowest BCUT2D eigenvalue weighted by molar-refractivity contribution is 0.0766. The Bertz CT molecular complexity index is 761. The van der Waals surface area contributed by atoms with Crippen molar-refractivity contribution in [2.24, 2.45) is 0 Å². The molecule has 0 atom stereocenters. The quantitative estimate of drug-likeness (QED) is 0.857. The van der Waals surface area contributed by atoms with Crippen molar-refractivity contribution >= 4 is 17.5 Å². The van der Waals surface area contributed by atoms with E-state index in [1.807, 2.05) is 19.1 Å².